The Balaban J connectivity index is 3.00. The summed E-state index contributed by atoms with van der Waals surface area (Å²) in [6, 6.07) is 3.44. The van der Waals surface area contributed by atoms with Crippen LogP contribution in [0, 0.1) is 10.1 Å². The number of nitrogens with one attached hydrogen (secondary N) is 3. The average molecular weight is 294 g/mol. The summed E-state index contributed by atoms with van der Waals surface area (Å²) in [5, 5.41) is 18.7. The van der Waals surface area contributed by atoms with Crippen molar-refractivity contribution in [3.05, 3.63) is 33.9 Å². The zero-order chi connectivity index (χ0) is 16.0. The number of likely N-dealkylation sites (N-methyl/N-ethyl adjacent to an activating group) is 1. The van der Waals surface area contributed by atoms with Crippen molar-refractivity contribution in [3.8, 4) is 0 Å². The first-order valence-electron chi connectivity index (χ1n) is 6.46. The van der Waals surface area contributed by atoms with Gasteiger partial charge in [0.1, 0.15) is 11.7 Å². The largest absolute Gasteiger partial charge is 0.382 e. The topological polar surface area (TPSA) is 113 Å². The molecule has 1 rings (SSSR count). The van der Waals surface area contributed by atoms with Crippen molar-refractivity contribution in [1.82, 2.24) is 10.6 Å². The number of nitrogens with zero attached hydrogens (tertiary/aromatic N) is 1. The summed E-state index contributed by atoms with van der Waals surface area (Å²) in [5.74, 6) is -0.871. The highest BCUT2D eigenvalue weighted by atomic mass is 16.6. The van der Waals surface area contributed by atoms with Gasteiger partial charge in [-0.05, 0) is 19.9 Å². The second kappa shape index (κ2) is 7.22. The summed E-state index contributed by atoms with van der Waals surface area (Å²) in [5.41, 5.74) is 0.0294. The van der Waals surface area contributed by atoms with Crippen molar-refractivity contribution < 1.29 is 14.5 Å². The van der Waals surface area contributed by atoms with Gasteiger partial charge in [0.05, 0.1) is 10.5 Å². The van der Waals surface area contributed by atoms with Crippen LogP contribution < -0.4 is 16.0 Å². The molecule has 0 spiro atoms. The maximum atomic E-state index is 12.2. The van der Waals surface area contributed by atoms with Gasteiger partial charge in [-0.3, -0.25) is 19.7 Å². The van der Waals surface area contributed by atoms with Crippen LogP contribution in [0.15, 0.2) is 18.2 Å². The van der Waals surface area contributed by atoms with E-state index in [1.54, 1.807) is 13.8 Å². The van der Waals surface area contributed by atoms with E-state index in [2.05, 4.69) is 16.0 Å². The van der Waals surface area contributed by atoms with Crippen LogP contribution in [-0.4, -0.2) is 36.4 Å². The van der Waals surface area contributed by atoms with E-state index in [-0.39, 0.29) is 22.8 Å². The van der Waals surface area contributed by atoms with E-state index in [9.17, 15) is 19.7 Å². The zero-order valence-corrected chi connectivity index (χ0v) is 12.1. The number of nitro groups is 1. The highest BCUT2D eigenvalue weighted by Crippen LogP contribution is 2.27. The second-order valence-corrected chi connectivity index (χ2v) is 4.30. The summed E-state index contributed by atoms with van der Waals surface area (Å²) in [7, 11) is 1.49. The molecule has 0 saturated heterocycles. The van der Waals surface area contributed by atoms with Crippen LogP contribution >= 0.6 is 0 Å². The molecule has 3 N–H and O–H groups in total. The minimum absolute atomic E-state index is 0.114. The lowest BCUT2D eigenvalue weighted by Crippen LogP contribution is -2.44. The molecule has 114 valence electrons. The van der Waals surface area contributed by atoms with E-state index in [4.69, 9.17) is 0 Å². The molecule has 1 aromatic carbocycles. The third-order valence-electron chi connectivity index (χ3n) is 2.83. The lowest BCUT2D eigenvalue weighted by atomic mass is 10.1. The normalized spacial score (nSPS) is 11.4. The van der Waals surface area contributed by atoms with Crippen LogP contribution in [0.4, 0.5) is 11.4 Å². The lowest BCUT2D eigenvalue weighted by Gasteiger charge is -2.15. The van der Waals surface area contributed by atoms with Crippen molar-refractivity contribution in [1.29, 1.82) is 0 Å². The quantitative estimate of drug-likeness (QED) is 0.532. The Morgan fingerprint density at radius 2 is 2.05 bits per heavy atom. The second-order valence-electron chi connectivity index (χ2n) is 4.30. The average Bonchev–Trinajstić information content (AvgIpc) is 2.46. The molecule has 2 amide bonds. The number of amides is 2. The lowest BCUT2D eigenvalue weighted by molar-refractivity contribution is -0.384. The molecule has 0 aromatic heterocycles. The van der Waals surface area contributed by atoms with Gasteiger partial charge in [0.2, 0.25) is 5.91 Å². The minimum atomic E-state index is -0.735. The summed E-state index contributed by atoms with van der Waals surface area (Å²) in [6.07, 6.45) is 0. The predicted molar refractivity (Wildman–Crippen MR) is 78.3 cm³/mol. The number of hydrogen-bond acceptors (Lipinski definition) is 5. The van der Waals surface area contributed by atoms with Gasteiger partial charge in [-0.25, -0.2) is 0 Å². The third kappa shape index (κ3) is 3.91. The smallest absolute Gasteiger partial charge is 0.293 e. The molecule has 1 atom stereocenters. The number of carbonyl (C=O) groups excluding carboxylic acids is 2. The molecule has 1 aromatic rings. The molecule has 0 bridgehead atoms. The SMILES string of the molecule is CCNC(=O)C(C)NC(=O)c1cccc([N+](=O)[O-])c1NC. The Hall–Kier alpha value is -2.64. The molecule has 0 saturated carbocycles. The highest BCUT2D eigenvalue weighted by molar-refractivity contribution is 6.03. The molecular weight excluding hydrogens is 276 g/mol. The Morgan fingerprint density at radius 1 is 1.38 bits per heavy atom. The molecule has 0 aliphatic rings. The first-order chi connectivity index (χ1) is 9.92. The van der Waals surface area contributed by atoms with Crippen LogP contribution in [-0.2, 0) is 4.79 Å². The van der Waals surface area contributed by atoms with Crippen LogP contribution in [0.5, 0.6) is 0 Å². The monoisotopic (exact) mass is 294 g/mol. The standard InChI is InChI=1S/C13H18N4O4/c1-4-15-12(18)8(2)16-13(19)9-6-5-7-10(17(20)21)11(9)14-3/h5-8,14H,4H2,1-3H3,(H,15,18)(H,16,19). The van der Waals surface area contributed by atoms with Gasteiger partial charge >= 0.3 is 0 Å². The molecule has 8 nitrogen and oxygen atoms in total. The van der Waals surface area contributed by atoms with E-state index < -0.39 is 16.9 Å². The Morgan fingerprint density at radius 3 is 2.57 bits per heavy atom. The minimum Gasteiger partial charge on any atom is -0.382 e. The van der Waals surface area contributed by atoms with E-state index in [1.165, 1.54) is 25.2 Å². The molecule has 0 heterocycles. The van der Waals surface area contributed by atoms with Crippen molar-refractivity contribution in [3.63, 3.8) is 0 Å². The number of anilines is 1. The number of nitro benzene ring substituents is 1. The molecule has 0 fully saturated rings. The van der Waals surface area contributed by atoms with Crippen LogP contribution in [0.3, 0.4) is 0 Å². The Bertz CT molecular complexity index is 559. The van der Waals surface area contributed by atoms with Gasteiger partial charge < -0.3 is 16.0 Å². The number of hydrogen-bond donors (Lipinski definition) is 3. The fraction of sp³-hybridized carbons (Fsp3) is 0.385. The van der Waals surface area contributed by atoms with Crippen LogP contribution in [0.25, 0.3) is 0 Å². The van der Waals surface area contributed by atoms with Gasteiger partial charge in [0.25, 0.3) is 11.6 Å². The Kier molecular flexibility index (Phi) is 5.65. The number of rotatable bonds is 6. The molecule has 0 radical (unpaired) electrons. The van der Waals surface area contributed by atoms with Crippen molar-refractivity contribution in [2.45, 2.75) is 19.9 Å². The van der Waals surface area contributed by atoms with Gasteiger partial charge in [-0.2, -0.15) is 0 Å². The maximum Gasteiger partial charge on any atom is 0.293 e. The number of carbonyl (C=O) groups is 2. The fourth-order valence-electron chi connectivity index (χ4n) is 1.81. The molecule has 8 heteroatoms. The van der Waals surface area contributed by atoms with E-state index >= 15 is 0 Å². The molecule has 0 aliphatic carbocycles. The zero-order valence-electron chi connectivity index (χ0n) is 12.1. The summed E-state index contributed by atoms with van der Waals surface area (Å²) in [6.45, 7) is 3.77. The van der Waals surface area contributed by atoms with E-state index in [0.717, 1.165) is 0 Å². The first-order valence-corrected chi connectivity index (χ1v) is 6.46. The van der Waals surface area contributed by atoms with Crippen LogP contribution in [0.1, 0.15) is 24.2 Å². The molecular formula is C13H18N4O4. The fourth-order valence-corrected chi connectivity index (χ4v) is 1.81. The highest BCUT2D eigenvalue weighted by Gasteiger charge is 2.23. The van der Waals surface area contributed by atoms with Gasteiger partial charge in [0, 0.05) is 19.7 Å². The summed E-state index contributed by atoms with van der Waals surface area (Å²) < 4.78 is 0. The maximum absolute atomic E-state index is 12.2. The summed E-state index contributed by atoms with van der Waals surface area (Å²) >= 11 is 0. The van der Waals surface area contributed by atoms with Crippen molar-refractivity contribution in [2.75, 3.05) is 18.9 Å². The van der Waals surface area contributed by atoms with E-state index in [1.807, 2.05) is 0 Å². The van der Waals surface area contributed by atoms with Gasteiger partial charge in [-0.1, -0.05) is 6.07 Å². The van der Waals surface area contributed by atoms with Gasteiger partial charge in [0.15, 0.2) is 0 Å². The third-order valence-corrected chi connectivity index (χ3v) is 2.83. The summed E-state index contributed by atoms with van der Waals surface area (Å²) in [4.78, 5) is 34.1. The van der Waals surface area contributed by atoms with Gasteiger partial charge in [-0.15, -0.1) is 0 Å². The molecule has 21 heavy (non-hydrogen) atoms. The molecule has 1 unspecified atom stereocenters. The predicted octanol–water partition coefficient (Wildman–Crippen LogP) is 0.891. The van der Waals surface area contributed by atoms with Crippen molar-refractivity contribution >= 4 is 23.2 Å². The number of benzene rings is 1. The Labute approximate surface area is 122 Å². The van der Waals surface area contributed by atoms with Crippen molar-refractivity contribution in [2.24, 2.45) is 0 Å². The molecule has 0 aliphatic heterocycles. The van der Waals surface area contributed by atoms with E-state index in [0.29, 0.717) is 6.54 Å². The number of para-hydroxylation sites is 1. The van der Waals surface area contributed by atoms with Crippen LogP contribution in [0.2, 0.25) is 0 Å². The first kappa shape index (κ1) is 16.4.